The lowest BCUT2D eigenvalue weighted by molar-refractivity contribution is 0.130. The number of hydrogen-bond acceptors (Lipinski definition) is 3. The van der Waals surface area contributed by atoms with Gasteiger partial charge in [0.15, 0.2) is 0 Å². The van der Waals surface area contributed by atoms with E-state index in [1.165, 1.54) is 12.8 Å². The molecule has 0 amide bonds. The number of nitrogens with zero attached hydrogens (tertiary/aromatic N) is 2. The first-order valence-corrected chi connectivity index (χ1v) is 9.81. The Morgan fingerprint density at radius 3 is 2.33 bits per heavy atom. The highest BCUT2D eigenvalue weighted by atomic mass is 16.3. The second kappa shape index (κ2) is 7.71. The van der Waals surface area contributed by atoms with Gasteiger partial charge in [0, 0.05) is 12.6 Å². The number of nitrogens with one attached hydrogen (secondary N) is 1. The molecule has 3 aromatic rings. The van der Waals surface area contributed by atoms with Crippen molar-refractivity contribution < 1.29 is 5.11 Å². The van der Waals surface area contributed by atoms with Gasteiger partial charge in [0.1, 0.15) is 0 Å². The van der Waals surface area contributed by atoms with E-state index >= 15 is 0 Å². The molecule has 2 atom stereocenters. The second-order valence-electron chi connectivity index (χ2n) is 7.43. The smallest absolute Gasteiger partial charge is 0.330 e. The summed E-state index contributed by atoms with van der Waals surface area (Å²) < 4.78 is 3.76. The third kappa shape index (κ3) is 3.22. The van der Waals surface area contributed by atoms with Crippen molar-refractivity contribution in [3.8, 4) is 0 Å². The minimum Gasteiger partial charge on any atom is -0.389 e. The molecule has 0 bridgehead atoms. The number of para-hydroxylation sites is 2. The lowest BCUT2D eigenvalue weighted by atomic mass is 10.0. The molecule has 0 spiro atoms. The molecule has 142 valence electrons. The quantitative estimate of drug-likeness (QED) is 0.706. The second-order valence-corrected chi connectivity index (χ2v) is 7.43. The van der Waals surface area contributed by atoms with Gasteiger partial charge >= 0.3 is 5.69 Å². The Kier molecular flexibility index (Phi) is 5.14. The molecule has 1 aliphatic rings. The lowest BCUT2D eigenvalue weighted by Crippen LogP contribution is -2.39. The summed E-state index contributed by atoms with van der Waals surface area (Å²) in [4.78, 5) is 13.6. The highest BCUT2D eigenvalue weighted by molar-refractivity contribution is 5.76. The molecule has 27 heavy (non-hydrogen) atoms. The van der Waals surface area contributed by atoms with Gasteiger partial charge in [-0.25, -0.2) is 4.79 Å². The maximum Gasteiger partial charge on any atom is 0.330 e. The van der Waals surface area contributed by atoms with Crippen LogP contribution in [0.1, 0.15) is 43.3 Å². The average molecular weight is 365 g/mol. The Hall–Kier alpha value is -2.37. The molecule has 0 aliphatic heterocycles. The van der Waals surface area contributed by atoms with Gasteiger partial charge in [-0.2, -0.15) is 0 Å². The summed E-state index contributed by atoms with van der Waals surface area (Å²) in [7, 11) is 1.82. The number of fused-ring (bicyclic) bond motifs is 1. The van der Waals surface area contributed by atoms with Crippen LogP contribution in [0.15, 0.2) is 59.4 Å². The van der Waals surface area contributed by atoms with Crippen molar-refractivity contribution >= 4 is 11.0 Å². The van der Waals surface area contributed by atoms with E-state index in [0.29, 0.717) is 6.54 Å². The minimum absolute atomic E-state index is 0.0212. The van der Waals surface area contributed by atoms with E-state index in [-0.39, 0.29) is 11.7 Å². The van der Waals surface area contributed by atoms with Crippen molar-refractivity contribution in [2.24, 2.45) is 0 Å². The normalized spacial score (nSPS) is 17.4. The monoisotopic (exact) mass is 365 g/mol. The fourth-order valence-electron chi connectivity index (χ4n) is 4.49. The van der Waals surface area contributed by atoms with Crippen molar-refractivity contribution in [2.45, 2.75) is 43.9 Å². The van der Waals surface area contributed by atoms with E-state index in [1.54, 1.807) is 4.57 Å². The van der Waals surface area contributed by atoms with Crippen LogP contribution in [0.25, 0.3) is 11.0 Å². The molecule has 5 nitrogen and oxygen atoms in total. The zero-order chi connectivity index (χ0) is 18.8. The van der Waals surface area contributed by atoms with E-state index in [2.05, 4.69) is 5.32 Å². The first-order chi connectivity index (χ1) is 13.2. The van der Waals surface area contributed by atoms with Gasteiger partial charge in [0.2, 0.25) is 0 Å². The van der Waals surface area contributed by atoms with Crippen molar-refractivity contribution in [3.63, 3.8) is 0 Å². The largest absolute Gasteiger partial charge is 0.389 e. The van der Waals surface area contributed by atoms with Gasteiger partial charge in [-0.05, 0) is 37.6 Å². The number of rotatable bonds is 6. The van der Waals surface area contributed by atoms with E-state index in [1.807, 2.05) is 66.2 Å². The molecule has 4 rings (SSSR count). The Bertz CT molecular complexity index is 955. The van der Waals surface area contributed by atoms with Crippen molar-refractivity contribution in [1.29, 1.82) is 0 Å². The van der Waals surface area contributed by atoms with E-state index in [4.69, 9.17) is 0 Å². The Morgan fingerprint density at radius 2 is 1.67 bits per heavy atom. The third-order valence-corrected chi connectivity index (χ3v) is 5.70. The SMILES string of the molecule is CNC[C@@H](O)[C@H](c1ccccc1)n1c(=O)n(C2CCCC2)c2ccccc21. The summed E-state index contributed by atoms with van der Waals surface area (Å²) in [5.74, 6) is 0. The summed E-state index contributed by atoms with van der Waals surface area (Å²) in [6.07, 6.45) is 3.71. The Morgan fingerprint density at radius 1 is 1.04 bits per heavy atom. The van der Waals surface area contributed by atoms with E-state index in [9.17, 15) is 9.90 Å². The molecule has 1 heterocycles. The molecule has 0 unspecified atom stereocenters. The summed E-state index contributed by atoms with van der Waals surface area (Å²) in [6.45, 7) is 0.412. The predicted octanol–water partition coefficient (Wildman–Crippen LogP) is 3.09. The Balaban J connectivity index is 1.95. The molecule has 0 saturated heterocycles. The molecule has 0 radical (unpaired) electrons. The van der Waals surface area contributed by atoms with Crippen LogP contribution in [0.2, 0.25) is 0 Å². The van der Waals surface area contributed by atoms with Crippen LogP contribution in [0.3, 0.4) is 0 Å². The minimum atomic E-state index is -0.710. The topological polar surface area (TPSA) is 59.2 Å². The zero-order valence-electron chi connectivity index (χ0n) is 15.7. The predicted molar refractivity (Wildman–Crippen MR) is 108 cm³/mol. The number of aliphatic hydroxyl groups is 1. The van der Waals surface area contributed by atoms with Crippen LogP contribution < -0.4 is 11.0 Å². The van der Waals surface area contributed by atoms with Crippen LogP contribution in [-0.4, -0.2) is 33.9 Å². The average Bonchev–Trinajstić information content (AvgIpc) is 3.30. The molecule has 2 N–H and O–H groups in total. The van der Waals surface area contributed by atoms with Gasteiger partial charge in [0.25, 0.3) is 0 Å². The van der Waals surface area contributed by atoms with Gasteiger partial charge < -0.3 is 10.4 Å². The number of aliphatic hydroxyl groups excluding tert-OH is 1. The first-order valence-electron chi connectivity index (χ1n) is 9.81. The number of benzene rings is 2. The van der Waals surface area contributed by atoms with Crippen molar-refractivity contribution in [1.82, 2.24) is 14.5 Å². The number of aromatic nitrogens is 2. The van der Waals surface area contributed by atoms with Crippen molar-refractivity contribution in [2.75, 3.05) is 13.6 Å². The van der Waals surface area contributed by atoms with Gasteiger partial charge in [-0.1, -0.05) is 55.3 Å². The van der Waals surface area contributed by atoms with Crippen LogP contribution in [0.4, 0.5) is 0 Å². The molecular formula is C22H27N3O2. The van der Waals surface area contributed by atoms with Crippen LogP contribution in [0.5, 0.6) is 0 Å². The van der Waals surface area contributed by atoms with Crippen LogP contribution in [-0.2, 0) is 0 Å². The summed E-state index contributed by atoms with van der Waals surface area (Å²) in [6, 6.07) is 17.6. The molecular weight excluding hydrogens is 338 g/mol. The molecule has 5 heteroatoms. The maximum atomic E-state index is 13.6. The summed E-state index contributed by atoms with van der Waals surface area (Å²) in [5.41, 5.74) is 2.77. The fourth-order valence-corrected chi connectivity index (χ4v) is 4.49. The van der Waals surface area contributed by atoms with Gasteiger partial charge in [0.05, 0.1) is 23.2 Å². The van der Waals surface area contributed by atoms with Gasteiger partial charge in [-0.15, -0.1) is 0 Å². The highest BCUT2D eigenvalue weighted by Gasteiger charge is 2.30. The van der Waals surface area contributed by atoms with Crippen LogP contribution >= 0.6 is 0 Å². The van der Waals surface area contributed by atoms with E-state index in [0.717, 1.165) is 29.4 Å². The fraction of sp³-hybridized carbons (Fsp3) is 0.409. The zero-order valence-corrected chi connectivity index (χ0v) is 15.7. The summed E-state index contributed by atoms with van der Waals surface area (Å²) >= 11 is 0. The molecule has 1 fully saturated rings. The standard InChI is InChI=1S/C22H27N3O2/c1-23-15-20(26)21(16-9-3-2-4-10-16)25-19-14-8-7-13-18(19)24(22(25)27)17-11-5-6-12-17/h2-4,7-10,13-14,17,20-21,23,26H,5-6,11-12,15H2,1H3/t20-,21+/m1/s1. The summed E-state index contributed by atoms with van der Waals surface area (Å²) in [5, 5.41) is 14.0. The first kappa shape index (κ1) is 18.0. The molecule has 1 aromatic heterocycles. The van der Waals surface area contributed by atoms with Crippen molar-refractivity contribution in [3.05, 3.63) is 70.6 Å². The van der Waals surface area contributed by atoms with Crippen LogP contribution in [0, 0.1) is 0 Å². The number of hydrogen-bond donors (Lipinski definition) is 2. The highest BCUT2D eigenvalue weighted by Crippen LogP contribution is 2.33. The molecule has 1 aliphatic carbocycles. The third-order valence-electron chi connectivity index (χ3n) is 5.70. The number of imidazole rings is 1. The van der Waals surface area contributed by atoms with Gasteiger partial charge in [-0.3, -0.25) is 9.13 Å². The molecule has 2 aromatic carbocycles. The lowest BCUT2D eigenvalue weighted by Gasteiger charge is -2.25. The maximum absolute atomic E-state index is 13.6. The van der Waals surface area contributed by atoms with E-state index < -0.39 is 12.1 Å². The molecule has 1 saturated carbocycles. The Labute approximate surface area is 159 Å². The number of likely N-dealkylation sites (N-methyl/N-ethyl adjacent to an activating group) is 1.